The Kier molecular flexibility index (Phi) is 4.27. The maximum atomic E-state index is 12.6. The van der Waals surface area contributed by atoms with Crippen LogP contribution in [0.25, 0.3) is 0 Å². The van der Waals surface area contributed by atoms with Gasteiger partial charge in [0.15, 0.2) is 0 Å². The van der Waals surface area contributed by atoms with Crippen molar-refractivity contribution in [2.75, 3.05) is 6.54 Å². The highest BCUT2D eigenvalue weighted by molar-refractivity contribution is 6.31. The fourth-order valence-corrected chi connectivity index (χ4v) is 2.76. The molecule has 0 aliphatic carbocycles. The minimum absolute atomic E-state index is 0.0543. The number of rotatable bonds is 4. The maximum Gasteiger partial charge on any atom is 0.248 e. The highest BCUT2D eigenvalue weighted by atomic mass is 35.5. The van der Waals surface area contributed by atoms with Crippen molar-refractivity contribution in [2.45, 2.75) is 52.7 Å². The molecule has 1 saturated heterocycles. The predicted octanol–water partition coefficient (Wildman–Crippen LogP) is 1.49. The lowest BCUT2D eigenvalue weighted by Crippen LogP contribution is -2.64. The van der Waals surface area contributed by atoms with Crippen LogP contribution in [-0.2, 0) is 22.7 Å². The van der Waals surface area contributed by atoms with Gasteiger partial charge in [-0.05, 0) is 27.2 Å². The average molecular weight is 313 g/mol. The van der Waals surface area contributed by atoms with E-state index in [4.69, 9.17) is 11.6 Å². The molecule has 0 saturated carbocycles. The summed E-state index contributed by atoms with van der Waals surface area (Å²) in [6, 6.07) is 0. The first-order valence-electron chi connectivity index (χ1n) is 7.14. The van der Waals surface area contributed by atoms with Gasteiger partial charge in [0.25, 0.3) is 0 Å². The van der Waals surface area contributed by atoms with Gasteiger partial charge in [0.05, 0.1) is 23.0 Å². The largest absolute Gasteiger partial charge is 0.340 e. The van der Waals surface area contributed by atoms with Crippen molar-refractivity contribution < 1.29 is 9.59 Å². The molecule has 7 heteroatoms. The van der Waals surface area contributed by atoms with E-state index in [1.54, 1.807) is 16.5 Å². The molecule has 1 aromatic rings. The first-order chi connectivity index (χ1) is 9.82. The van der Waals surface area contributed by atoms with E-state index in [1.807, 2.05) is 20.8 Å². The van der Waals surface area contributed by atoms with Crippen LogP contribution in [0, 0.1) is 6.92 Å². The number of nitrogens with one attached hydrogen (secondary N) is 1. The van der Waals surface area contributed by atoms with E-state index in [1.165, 1.54) is 0 Å². The highest BCUT2D eigenvalue weighted by Crippen LogP contribution is 2.25. The standard InChI is InChI=1S/C14H21ClN4O2/c1-5-14(4)13(21)18(8-11(20)16-14)7-10-12(15)9(3)17-19(10)6-2/h5-8H2,1-4H3,(H,16,20). The van der Waals surface area contributed by atoms with Crippen LogP contribution in [0.2, 0.25) is 5.02 Å². The number of piperazine rings is 1. The van der Waals surface area contributed by atoms with Gasteiger partial charge in [-0.15, -0.1) is 0 Å². The molecular weight excluding hydrogens is 292 g/mol. The lowest BCUT2D eigenvalue weighted by atomic mass is 9.94. The Morgan fingerprint density at radius 1 is 1.38 bits per heavy atom. The van der Waals surface area contributed by atoms with E-state index >= 15 is 0 Å². The number of carbonyl (C=O) groups excluding carboxylic acids is 2. The summed E-state index contributed by atoms with van der Waals surface area (Å²) in [5, 5.41) is 7.68. The molecule has 0 radical (unpaired) electrons. The Morgan fingerprint density at radius 2 is 2.05 bits per heavy atom. The maximum absolute atomic E-state index is 12.6. The third-order valence-electron chi connectivity index (χ3n) is 4.01. The van der Waals surface area contributed by atoms with Gasteiger partial charge in [0.1, 0.15) is 12.1 Å². The third-order valence-corrected chi connectivity index (χ3v) is 4.50. The van der Waals surface area contributed by atoms with Crippen LogP contribution in [0.3, 0.4) is 0 Å². The molecule has 1 atom stereocenters. The lowest BCUT2D eigenvalue weighted by Gasteiger charge is -2.39. The van der Waals surface area contributed by atoms with Crippen molar-refractivity contribution >= 4 is 23.4 Å². The number of hydrogen-bond acceptors (Lipinski definition) is 3. The molecule has 0 spiro atoms. The van der Waals surface area contributed by atoms with Crippen molar-refractivity contribution in [1.29, 1.82) is 0 Å². The van der Waals surface area contributed by atoms with Crippen molar-refractivity contribution in [2.24, 2.45) is 0 Å². The summed E-state index contributed by atoms with van der Waals surface area (Å²) < 4.78 is 1.78. The van der Waals surface area contributed by atoms with Gasteiger partial charge in [-0.25, -0.2) is 0 Å². The fourth-order valence-electron chi connectivity index (χ4n) is 2.56. The summed E-state index contributed by atoms with van der Waals surface area (Å²) >= 11 is 6.28. The summed E-state index contributed by atoms with van der Waals surface area (Å²) in [5.74, 6) is -0.225. The van der Waals surface area contributed by atoms with E-state index in [2.05, 4.69) is 10.4 Å². The molecule has 116 valence electrons. The second kappa shape index (κ2) is 5.67. The Labute approximate surface area is 129 Å². The van der Waals surface area contributed by atoms with E-state index in [0.717, 1.165) is 11.4 Å². The van der Waals surface area contributed by atoms with Crippen molar-refractivity contribution in [3.05, 3.63) is 16.4 Å². The minimum Gasteiger partial charge on any atom is -0.340 e. The number of nitrogens with zero attached hydrogens (tertiary/aromatic N) is 3. The van der Waals surface area contributed by atoms with Crippen LogP contribution in [0.4, 0.5) is 0 Å². The van der Waals surface area contributed by atoms with Gasteiger partial charge in [0, 0.05) is 6.54 Å². The Hall–Kier alpha value is -1.56. The summed E-state index contributed by atoms with van der Waals surface area (Å²) in [5.41, 5.74) is 0.673. The lowest BCUT2D eigenvalue weighted by molar-refractivity contribution is -0.150. The van der Waals surface area contributed by atoms with Gasteiger partial charge < -0.3 is 10.2 Å². The first-order valence-corrected chi connectivity index (χ1v) is 7.52. The quantitative estimate of drug-likeness (QED) is 0.916. The molecule has 1 N–H and O–H groups in total. The monoisotopic (exact) mass is 312 g/mol. The number of hydrogen-bond donors (Lipinski definition) is 1. The number of halogens is 1. The molecule has 2 heterocycles. The van der Waals surface area contributed by atoms with Crippen LogP contribution in [-0.4, -0.2) is 38.6 Å². The van der Waals surface area contributed by atoms with Crippen LogP contribution in [0.1, 0.15) is 38.6 Å². The van der Waals surface area contributed by atoms with E-state index in [-0.39, 0.29) is 18.4 Å². The molecule has 1 unspecified atom stereocenters. The Bertz CT molecular complexity index is 584. The fraction of sp³-hybridized carbons (Fsp3) is 0.643. The van der Waals surface area contributed by atoms with Gasteiger partial charge in [0.2, 0.25) is 11.8 Å². The van der Waals surface area contributed by atoms with Crippen molar-refractivity contribution in [1.82, 2.24) is 20.0 Å². The molecule has 1 fully saturated rings. The number of amides is 2. The molecule has 0 bridgehead atoms. The van der Waals surface area contributed by atoms with Gasteiger partial charge in [-0.3, -0.25) is 14.3 Å². The minimum atomic E-state index is -0.839. The van der Waals surface area contributed by atoms with Crippen LogP contribution in [0.15, 0.2) is 0 Å². The van der Waals surface area contributed by atoms with Gasteiger partial charge >= 0.3 is 0 Å². The zero-order valence-corrected chi connectivity index (χ0v) is 13.6. The SMILES string of the molecule is CCn1nc(C)c(Cl)c1CN1CC(=O)NC(C)(CC)C1=O. The summed E-state index contributed by atoms with van der Waals surface area (Å²) in [6.07, 6.45) is 0.549. The van der Waals surface area contributed by atoms with Gasteiger partial charge in [-0.2, -0.15) is 5.10 Å². The second-order valence-electron chi connectivity index (χ2n) is 5.56. The molecule has 1 aliphatic rings. The zero-order valence-electron chi connectivity index (χ0n) is 12.9. The molecule has 2 rings (SSSR count). The van der Waals surface area contributed by atoms with E-state index < -0.39 is 5.54 Å². The molecule has 21 heavy (non-hydrogen) atoms. The smallest absolute Gasteiger partial charge is 0.248 e. The molecule has 0 aromatic carbocycles. The zero-order chi connectivity index (χ0) is 15.8. The van der Waals surface area contributed by atoms with Crippen LogP contribution < -0.4 is 5.32 Å². The topological polar surface area (TPSA) is 67.2 Å². The number of aromatic nitrogens is 2. The molecule has 1 aromatic heterocycles. The summed E-state index contributed by atoms with van der Waals surface area (Å²) in [6.45, 7) is 8.46. The Morgan fingerprint density at radius 3 is 2.62 bits per heavy atom. The number of aryl methyl sites for hydroxylation is 2. The number of carbonyl (C=O) groups is 2. The van der Waals surface area contributed by atoms with E-state index in [9.17, 15) is 9.59 Å². The summed E-state index contributed by atoms with van der Waals surface area (Å²) in [4.78, 5) is 26.0. The molecular formula is C14H21ClN4O2. The van der Waals surface area contributed by atoms with Crippen molar-refractivity contribution in [3.8, 4) is 0 Å². The van der Waals surface area contributed by atoms with Gasteiger partial charge in [-0.1, -0.05) is 18.5 Å². The summed E-state index contributed by atoms with van der Waals surface area (Å²) in [7, 11) is 0. The highest BCUT2D eigenvalue weighted by Gasteiger charge is 2.41. The molecule has 1 aliphatic heterocycles. The predicted molar refractivity (Wildman–Crippen MR) is 79.9 cm³/mol. The molecule has 6 nitrogen and oxygen atoms in total. The van der Waals surface area contributed by atoms with Crippen LogP contribution in [0.5, 0.6) is 0 Å². The van der Waals surface area contributed by atoms with Crippen LogP contribution >= 0.6 is 11.6 Å². The first kappa shape index (κ1) is 15.8. The van der Waals surface area contributed by atoms with Crippen molar-refractivity contribution in [3.63, 3.8) is 0 Å². The average Bonchev–Trinajstić information content (AvgIpc) is 2.71. The Balaban J connectivity index is 2.30. The second-order valence-corrected chi connectivity index (χ2v) is 5.93. The molecule has 2 amide bonds. The van der Waals surface area contributed by atoms with E-state index in [0.29, 0.717) is 24.5 Å². The third kappa shape index (κ3) is 2.77. The normalized spacial score (nSPS) is 22.6.